The first-order valence-electron chi connectivity index (χ1n) is 5.20. The number of aromatic nitrogens is 2. The molecule has 0 fully saturated rings. The van der Waals surface area contributed by atoms with Gasteiger partial charge < -0.3 is 11.1 Å². The first-order valence-corrected chi connectivity index (χ1v) is 5.60. The molecule has 20 heavy (non-hydrogen) atoms. The van der Waals surface area contributed by atoms with Crippen molar-refractivity contribution in [3.05, 3.63) is 46.9 Å². The number of rotatable bonds is 3. The minimum atomic E-state index is -1.73. The van der Waals surface area contributed by atoms with E-state index in [2.05, 4.69) is 15.5 Å². The smallest absolute Gasteiger partial charge is 0.259 e. The molecule has 0 radical (unpaired) electrons. The molecule has 0 unspecified atom stereocenters. The van der Waals surface area contributed by atoms with Gasteiger partial charge in [0, 0.05) is 0 Å². The van der Waals surface area contributed by atoms with Crippen LogP contribution in [0, 0.1) is 17.5 Å². The average Bonchev–Trinajstić information content (AvgIpc) is 2.84. The Hall–Kier alpha value is -2.42. The molecule has 1 aromatic heterocycles. The SMILES string of the molecule is NC(=S)c1cn[nH]c1NC(=O)c1ccc(F)c(F)c1F. The van der Waals surface area contributed by atoms with Gasteiger partial charge in [-0.15, -0.1) is 0 Å². The maximum atomic E-state index is 13.4. The van der Waals surface area contributed by atoms with Crippen LogP contribution in [0.25, 0.3) is 0 Å². The summed E-state index contributed by atoms with van der Waals surface area (Å²) in [6.07, 6.45) is 1.26. The molecule has 0 bridgehead atoms. The Bertz CT molecular complexity index is 701. The summed E-state index contributed by atoms with van der Waals surface area (Å²) in [4.78, 5) is 11.8. The van der Waals surface area contributed by atoms with E-state index in [9.17, 15) is 18.0 Å². The fraction of sp³-hybridized carbons (Fsp3) is 0. The van der Waals surface area contributed by atoms with Crippen molar-refractivity contribution in [3.8, 4) is 0 Å². The predicted octanol–water partition coefficient (Wildman–Crippen LogP) is 1.71. The van der Waals surface area contributed by atoms with Crippen LogP contribution < -0.4 is 11.1 Å². The predicted molar refractivity (Wildman–Crippen MR) is 68.7 cm³/mol. The van der Waals surface area contributed by atoms with Crippen LogP contribution in [0.1, 0.15) is 15.9 Å². The van der Waals surface area contributed by atoms with Crippen molar-refractivity contribution in [2.75, 3.05) is 5.32 Å². The molecule has 9 heteroatoms. The van der Waals surface area contributed by atoms with Crippen LogP contribution in [0.15, 0.2) is 18.3 Å². The van der Waals surface area contributed by atoms with Gasteiger partial charge in [0.05, 0.1) is 17.3 Å². The molecular weight excluding hydrogens is 293 g/mol. The number of amides is 1. The first-order chi connectivity index (χ1) is 9.41. The minimum Gasteiger partial charge on any atom is -0.389 e. The van der Waals surface area contributed by atoms with Crippen LogP contribution >= 0.6 is 12.2 Å². The van der Waals surface area contributed by atoms with E-state index in [1.54, 1.807) is 0 Å². The van der Waals surface area contributed by atoms with Crippen LogP contribution in [-0.4, -0.2) is 21.1 Å². The van der Waals surface area contributed by atoms with Crippen molar-refractivity contribution in [2.24, 2.45) is 5.73 Å². The summed E-state index contributed by atoms with van der Waals surface area (Å²) in [6.45, 7) is 0. The molecule has 5 nitrogen and oxygen atoms in total. The van der Waals surface area contributed by atoms with E-state index in [0.717, 1.165) is 6.07 Å². The molecule has 0 saturated heterocycles. The quantitative estimate of drug-likeness (QED) is 0.595. The van der Waals surface area contributed by atoms with E-state index in [4.69, 9.17) is 18.0 Å². The molecule has 0 spiro atoms. The van der Waals surface area contributed by atoms with Crippen molar-refractivity contribution in [1.29, 1.82) is 0 Å². The molecule has 4 N–H and O–H groups in total. The summed E-state index contributed by atoms with van der Waals surface area (Å²) in [5.74, 6) is -5.66. The summed E-state index contributed by atoms with van der Waals surface area (Å²) >= 11 is 4.72. The molecule has 0 aliphatic rings. The third-order valence-electron chi connectivity index (χ3n) is 2.42. The Kier molecular flexibility index (Phi) is 3.70. The summed E-state index contributed by atoms with van der Waals surface area (Å²) in [7, 11) is 0. The highest BCUT2D eigenvalue weighted by Crippen LogP contribution is 2.17. The first kappa shape index (κ1) is 14.0. The molecule has 104 valence electrons. The number of thiocarbonyl (C=S) groups is 1. The second-order valence-electron chi connectivity index (χ2n) is 3.70. The van der Waals surface area contributed by atoms with Crippen LogP contribution in [0.4, 0.5) is 19.0 Å². The van der Waals surface area contributed by atoms with Gasteiger partial charge in [0.25, 0.3) is 5.91 Å². The number of nitrogens with one attached hydrogen (secondary N) is 2. The molecule has 0 saturated carbocycles. The second kappa shape index (κ2) is 5.29. The van der Waals surface area contributed by atoms with Crippen molar-refractivity contribution >= 4 is 28.9 Å². The lowest BCUT2D eigenvalue weighted by Crippen LogP contribution is -2.18. The number of halogens is 3. The van der Waals surface area contributed by atoms with E-state index in [0.29, 0.717) is 6.07 Å². The number of hydrogen-bond acceptors (Lipinski definition) is 3. The normalized spacial score (nSPS) is 10.3. The molecule has 0 aliphatic heterocycles. The standard InChI is InChI=1S/C11H7F3N4OS/c12-6-2-1-4(7(13)8(6)14)11(19)17-10-5(9(15)20)3-16-18-10/h1-3H,(H2,15,20)(H2,16,17,18,19). The maximum absolute atomic E-state index is 13.4. The molecule has 1 heterocycles. The van der Waals surface area contributed by atoms with Crippen LogP contribution in [0.3, 0.4) is 0 Å². The molecule has 1 aromatic carbocycles. The van der Waals surface area contributed by atoms with E-state index in [1.165, 1.54) is 6.20 Å². The monoisotopic (exact) mass is 300 g/mol. The van der Waals surface area contributed by atoms with Gasteiger partial charge >= 0.3 is 0 Å². The number of nitrogens with two attached hydrogens (primary N) is 1. The van der Waals surface area contributed by atoms with Gasteiger partial charge in [-0.1, -0.05) is 12.2 Å². The van der Waals surface area contributed by atoms with Gasteiger partial charge in [0.1, 0.15) is 10.8 Å². The fourth-order valence-corrected chi connectivity index (χ4v) is 1.61. The Morgan fingerprint density at radius 3 is 2.60 bits per heavy atom. The molecular formula is C11H7F3N4OS. The van der Waals surface area contributed by atoms with Gasteiger partial charge in [-0.3, -0.25) is 9.89 Å². The number of nitrogens with zero attached hydrogens (tertiary/aromatic N) is 1. The number of hydrogen-bond donors (Lipinski definition) is 3. The van der Waals surface area contributed by atoms with E-state index in [1.807, 2.05) is 0 Å². The Morgan fingerprint density at radius 2 is 1.95 bits per heavy atom. The summed E-state index contributed by atoms with van der Waals surface area (Å²) in [5.41, 5.74) is 4.96. The highest BCUT2D eigenvalue weighted by molar-refractivity contribution is 7.80. The maximum Gasteiger partial charge on any atom is 0.259 e. The van der Waals surface area contributed by atoms with Crippen molar-refractivity contribution in [2.45, 2.75) is 0 Å². The Balaban J connectivity index is 2.31. The highest BCUT2D eigenvalue weighted by atomic mass is 32.1. The number of aromatic amines is 1. The van der Waals surface area contributed by atoms with Gasteiger partial charge in [0.2, 0.25) is 0 Å². The van der Waals surface area contributed by atoms with Crippen molar-refractivity contribution in [3.63, 3.8) is 0 Å². The molecule has 0 aliphatic carbocycles. The highest BCUT2D eigenvalue weighted by Gasteiger charge is 2.20. The number of benzene rings is 1. The third-order valence-corrected chi connectivity index (χ3v) is 2.64. The lowest BCUT2D eigenvalue weighted by molar-refractivity contribution is 0.102. The molecule has 0 atom stereocenters. The van der Waals surface area contributed by atoms with Crippen LogP contribution in [0.2, 0.25) is 0 Å². The topological polar surface area (TPSA) is 83.8 Å². The summed E-state index contributed by atoms with van der Waals surface area (Å²) in [5, 5.41) is 8.22. The Morgan fingerprint density at radius 1 is 1.25 bits per heavy atom. The number of anilines is 1. The summed E-state index contributed by atoms with van der Waals surface area (Å²) in [6, 6.07) is 1.47. The van der Waals surface area contributed by atoms with Crippen LogP contribution in [0.5, 0.6) is 0 Å². The lowest BCUT2D eigenvalue weighted by Gasteiger charge is -2.06. The minimum absolute atomic E-state index is 0.0339. The van der Waals surface area contributed by atoms with Crippen molar-refractivity contribution < 1.29 is 18.0 Å². The molecule has 2 aromatic rings. The number of carbonyl (C=O) groups excluding carboxylic acids is 1. The van der Waals surface area contributed by atoms with E-state index < -0.39 is 28.9 Å². The number of H-pyrrole nitrogens is 1. The van der Waals surface area contributed by atoms with E-state index in [-0.39, 0.29) is 16.4 Å². The number of carbonyl (C=O) groups is 1. The summed E-state index contributed by atoms with van der Waals surface area (Å²) < 4.78 is 39.3. The molecule has 1 amide bonds. The van der Waals surface area contributed by atoms with E-state index >= 15 is 0 Å². The fourth-order valence-electron chi connectivity index (χ4n) is 1.45. The third kappa shape index (κ3) is 2.48. The zero-order valence-corrected chi connectivity index (χ0v) is 10.5. The van der Waals surface area contributed by atoms with Gasteiger partial charge in [-0.2, -0.15) is 5.10 Å². The second-order valence-corrected chi connectivity index (χ2v) is 4.14. The largest absolute Gasteiger partial charge is 0.389 e. The van der Waals surface area contributed by atoms with Gasteiger partial charge in [0.15, 0.2) is 17.5 Å². The van der Waals surface area contributed by atoms with Crippen molar-refractivity contribution in [1.82, 2.24) is 10.2 Å². The molecule has 2 rings (SSSR count). The van der Waals surface area contributed by atoms with Gasteiger partial charge in [-0.05, 0) is 12.1 Å². The zero-order chi connectivity index (χ0) is 14.9. The zero-order valence-electron chi connectivity index (χ0n) is 9.71. The Labute approximate surface area is 116 Å². The lowest BCUT2D eigenvalue weighted by atomic mass is 10.2. The van der Waals surface area contributed by atoms with Crippen LogP contribution in [-0.2, 0) is 0 Å². The van der Waals surface area contributed by atoms with Gasteiger partial charge in [-0.25, -0.2) is 13.2 Å². The average molecular weight is 300 g/mol.